The molecular weight excluding hydrogens is 224 g/mol. The number of likely N-dealkylation sites (tertiary alicyclic amines) is 1. The Bertz CT molecular complexity index is 364. The van der Waals surface area contributed by atoms with Crippen molar-refractivity contribution in [3.8, 4) is 0 Å². The van der Waals surface area contributed by atoms with Gasteiger partial charge in [-0.05, 0) is 36.5 Å². The number of amides is 1. The predicted molar refractivity (Wildman–Crippen MR) is 74.0 cm³/mol. The van der Waals surface area contributed by atoms with Crippen molar-refractivity contribution in [1.29, 1.82) is 0 Å². The number of nitrogens with zero attached hydrogens (tertiary/aromatic N) is 1. The Morgan fingerprint density at radius 1 is 1.50 bits per heavy atom. The molecular formula is C15H26N2O. The van der Waals surface area contributed by atoms with E-state index in [2.05, 4.69) is 27.4 Å². The van der Waals surface area contributed by atoms with Gasteiger partial charge in [-0.2, -0.15) is 0 Å². The van der Waals surface area contributed by atoms with E-state index in [1.165, 1.54) is 6.42 Å². The van der Waals surface area contributed by atoms with Gasteiger partial charge in [-0.3, -0.25) is 4.79 Å². The van der Waals surface area contributed by atoms with Gasteiger partial charge in [0.1, 0.15) is 0 Å². The summed E-state index contributed by atoms with van der Waals surface area (Å²) in [6.45, 7) is 11.5. The van der Waals surface area contributed by atoms with Gasteiger partial charge in [0.15, 0.2) is 0 Å². The number of rotatable bonds is 3. The van der Waals surface area contributed by atoms with E-state index in [0.717, 1.165) is 19.4 Å². The van der Waals surface area contributed by atoms with Crippen molar-refractivity contribution < 1.29 is 4.79 Å². The van der Waals surface area contributed by atoms with Crippen LogP contribution in [0.2, 0.25) is 0 Å². The summed E-state index contributed by atoms with van der Waals surface area (Å²) in [5.74, 6) is 0.112. The summed E-state index contributed by atoms with van der Waals surface area (Å²) in [7, 11) is 0. The highest BCUT2D eigenvalue weighted by molar-refractivity contribution is 5.82. The van der Waals surface area contributed by atoms with Crippen LogP contribution in [-0.4, -0.2) is 29.4 Å². The van der Waals surface area contributed by atoms with Gasteiger partial charge < -0.3 is 10.6 Å². The molecule has 1 saturated carbocycles. The molecule has 2 aliphatic rings. The lowest BCUT2D eigenvalue weighted by molar-refractivity contribution is -0.133. The molecule has 2 N–H and O–H groups in total. The topological polar surface area (TPSA) is 46.3 Å². The Kier molecular flexibility index (Phi) is 3.30. The third-order valence-electron chi connectivity index (χ3n) is 4.44. The van der Waals surface area contributed by atoms with Crippen molar-refractivity contribution in [2.24, 2.45) is 16.6 Å². The number of fused-ring (bicyclic) bond motifs is 2. The first-order valence-electron chi connectivity index (χ1n) is 6.93. The first-order valence-corrected chi connectivity index (χ1v) is 6.93. The number of hydrogen-bond donors (Lipinski definition) is 1. The lowest BCUT2D eigenvalue weighted by Gasteiger charge is -2.39. The Morgan fingerprint density at radius 2 is 2.17 bits per heavy atom. The van der Waals surface area contributed by atoms with Crippen molar-refractivity contribution in [2.45, 2.75) is 58.5 Å². The second kappa shape index (κ2) is 4.37. The predicted octanol–water partition coefficient (Wildman–Crippen LogP) is 2.32. The molecule has 18 heavy (non-hydrogen) atoms. The molecule has 1 aliphatic carbocycles. The minimum Gasteiger partial charge on any atom is -0.338 e. The standard InChI is InChI=1S/C15H26N2O/c1-5-6-12(16)13(18)17-10-15(4)8-11(17)7-14(2,3)9-15/h5,11-12H,1,6-10,16H2,2-4H3. The van der Waals surface area contributed by atoms with Crippen LogP contribution in [0.1, 0.15) is 46.5 Å². The summed E-state index contributed by atoms with van der Waals surface area (Å²) in [5.41, 5.74) is 6.57. The summed E-state index contributed by atoms with van der Waals surface area (Å²) in [4.78, 5) is 14.4. The molecule has 1 aliphatic heterocycles. The minimum absolute atomic E-state index is 0.112. The van der Waals surface area contributed by atoms with Gasteiger partial charge in [-0.25, -0.2) is 0 Å². The molecule has 2 bridgehead atoms. The lowest BCUT2D eigenvalue weighted by atomic mass is 9.65. The van der Waals surface area contributed by atoms with E-state index in [1.807, 2.05) is 4.90 Å². The van der Waals surface area contributed by atoms with Crippen molar-refractivity contribution >= 4 is 5.91 Å². The first kappa shape index (κ1) is 13.6. The van der Waals surface area contributed by atoms with Crippen molar-refractivity contribution in [1.82, 2.24) is 4.90 Å². The third kappa shape index (κ3) is 2.46. The SMILES string of the molecule is C=CCC(N)C(=O)N1CC2(C)CC1CC(C)(C)C2. The first-order chi connectivity index (χ1) is 8.26. The van der Waals surface area contributed by atoms with Crippen LogP contribution in [0.5, 0.6) is 0 Å². The van der Waals surface area contributed by atoms with E-state index in [-0.39, 0.29) is 11.3 Å². The van der Waals surface area contributed by atoms with Gasteiger partial charge in [0.2, 0.25) is 5.91 Å². The van der Waals surface area contributed by atoms with Crippen molar-refractivity contribution in [3.63, 3.8) is 0 Å². The van der Waals surface area contributed by atoms with Gasteiger partial charge in [0.05, 0.1) is 6.04 Å². The number of carbonyl (C=O) groups is 1. The molecule has 1 amide bonds. The fourth-order valence-electron chi connectivity index (χ4n) is 4.21. The molecule has 3 unspecified atom stereocenters. The maximum Gasteiger partial charge on any atom is 0.240 e. The summed E-state index contributed by atoms with van der Waals surface area (Å²) >= 11 is 0. The highest BCUT2D eigenvalue weighted by Crippen LogP contribution is 2.52. The van der Waals surface area contributed by atoms with E-state index in [4.69, 9.17) is 5.73 Å². The average Bonchev–Trinajstić information content (AvgIpc) is 2.47. The zero-order valence-electron chi connectivity index (χ0n) is 11.9. The summed E-state index contributed by atoms with van der Waals surface area (Å²) in [6, 6.07) is -0.0179. The zero-order chi connectivity index (χ0) is 13.6. The van der Waals surface area contributed by atoms with Crippen LogP contribution in [0.3, 0.4) is 0 Å². The quantitative estimate of drug-likeness (QED) is 0.781. The molecule has 0 radical (unpaired) electrons. The largest absolute Gasteiger partial charge is 0.338 e. The van der Waals surface area contributed by atoms with Crippen LogP contribution in [0.25, 0.3) is 0 Å². The second-order valence-corrected chi connectivity index (χ2v) is 7.31. The maximum atomic E-state index is 12.4. The Balaban J connectivity index is 2.13. The van der Waals surface area contributed by atoms with Crippen molar-refractivity contribution in [3.05, 3.63) is 12.7 Å². The van der Waals surface area contributed by atoms with Crippen LogP contribution in [0.4, 0.5) is 0 Å². The van der Waals surface area contributed by atoms with Crippen molar-refractivity contribution in [2.75, 3.05) is 6.54 Å². The fraction of sp³-hybridized carbons (Fsp3) is 0.800. The molecule has 3 heteroatoms. The Labute approximate surface area is 110 Å². The molecule has 0 aromatic heterocycles. The molecule has 3 atom stereocenters. The van der Waals surface area contributed by atoms with Crippen LogP contribution in [-0.2, 0) is 4.79 Å². The van der Waals surface area contributed by atoms with E-state index >= 15 is 0 Å². The van der Waals surface area contributed by atoms with Gasteiger partial charge >= 0.3 is 0 Å². The van der Waals surface area contributed by atoms with Gasteiger partial charge in [-0.1, -0.05) is 26.8 Å². The Morgan fingerprint density at radius 3 is 2.78 bits per heavy atom. The molecule has 0 spiro atoms. The molecule has 102 valence electrons. The number of carbonyl (C=O) groups excluding carboxylic acids is 1. The molecule has 0 aromatic rings. The van der Waals surface area contributed by atoms with Crippen LogP contribution < -0.4 is 5.73 Å². The normalized spacial score (nSPS) is 35.3. The van der Waals surface area contributed by atoms with Gasteiger partial charge in [0.25, 0.3) is 0 Å². The lowest BCUT2D eigenvalue weighted by Crippen LogP contribution is -2.46. The number of hydrogen-bond acceptors (Lipinski definition) is 2. The zero-order valence-corrected chi connectivity index (χ0v) is 11.9. The van der Waals surface area contributed by atoms with Crippen LogP contribution in [0, 0.1) is 10.8 Å². The van der Waals surface area contributed by atoms with Crippen LogP contribution >= 0.6 is 0 Å². The molecule has 1 saturated heterocycles. The molecule has 3 nitrogen and oxygen atoms in total. The highest BCUT2D eigenvalue weighted by Gasteiger charge is 2.51. The molecule has 0 aromatic carbocycles. The highest BCUT2D eigenvalue weighted by atomic mass is 16.2. The monoisotopic (exact) mass is 250 g/mol. The maximum absolute atomic E-state index is 12.4. The van der Waals surface area contributed by atoms with E-state index in [1.54, 1.807) is 6.08 Å². The Hall–Kier alpha value is -0.830. The summed E-state index contributed by atoms with van der Waals surface area (Å²) in [5, 5.41) is 0. The third-order valence-corrected chi connectivity index (χ3v) is 4.44. The van der Waals surface area contributed by atoms with Gasteiger partial charge in [0, 0.05) is 12.6 Å². The van der Waals surface area contributed by atoms with E-state index in [9.17, 15) is 4.79 Å². The fourth-order valence-corrected chi connectivity index (χ4v) is 4.21. The van der Waals surface area contributed by atoms with Gasteiger partial charge in [-0.15, -0.1) is 6.58 Å². The molecule has 2 rings (SSSR count). The molecule has 2 fully saturated rings. The van der Waals surface area contributed by atoms with E-state index < -0.39 is 6.04 Å². The second-order valence-electron chi connectivity index (χ2n) is 7.31. The summed E-state index contributed by atoms with van der Waals surface area (Å²) in [6.07, 6.45) is 5.76. The van der Waals surface area contributed by atoms with E-state index in [0.29, 0.717) is 17.9 Å². The smallest absolute Gasteiger partial charge is 0.240 e. The average molecular weight is 250 g/mol. The minimum atomic E-state index is -0.409. The summed E-state index contributed by atoms with van der Waals surface area (Å²) < 4.78 is 0. The number of nitrogens with two attached hydrogens (primary N) is 1. The molecule has 1 heterocycles. The van der Waals surface area contributed by atoms with Crippen LogP contribution in [0.15, 0.2) is 12.7 Å².